The molecule has 2 aliphatic rings. The molecule has 13 nitrogen and oxygen atoms in total. The van der Waals surface area contributed by atoms with Gasteiger partial charge >= 0.3 is 12.1 Å². The van der Waals surface area contributed by atoms with E-state index in [-0.39, 0.29) is 11.5 Å². The first-order chi connectivity index (χ1) is 12.4. The van der Waals surface area contributed by atoms with Crippen LogP contribution in [0.3, 0.4) is 0 Å². The van der Waals surface area contributed by atoms with E-state index in [2.05, 4.69) is 5.32 Å². The summed E-state index contributed by atoms with van der Waals surface area (Å²) in [6.45, 7) is 1.46. The fourth-order valence-electron chi connectivity index (χ4n) is 2.46. The highest BCUT2D eigenvalue weighted by Gasteiger charge is 2.63. The van der Waals surface area contributed by atoms with Gasteiger partial charge in [0.05, 0.1) is 13.2 Å². The van der Waals surface area contributed by atoms with Crippen LogP contribution in [0.5, 0.6) is 0 Å². The van der Waals surface area contributed by atoms with Crippen LogP contribution in [0.25, 0.3) is 0 Å². The van der Waals surface area contributed by atoms with Crippen molar-refractivity contribution in [1.29, 1.82) is 0 Å². The molecule has 0 radical (unpaired) electrons. The van der Waals surface area contributed by atoms with Crippen molar-refractivity contribution in [1.82, 2.24) is 20.4 Å². The lowest BCUT2D eigenvalue weighted by molar-refractivity contribution is -0.151. The molecule has 2 aliphatic heterocycles. The number of nitrogens with one attached hydrogen (secondary N) is 2. The van der Waals surface area contributed by atoms with Gasteiger partial charge in [0.25, 0.3) is 11.8 Å². The number of ketones is 1. The minimum absolute atomic E-state index is 0.180. The molecule has 0 aliphatic carbocycles. The average molecular weight is 386 g/mol. The lowest BCUT2D eigenvalue weighted by Gasteiger charge is -2.28. The topological polar surface area (TPSA) is 190 Å². The van der Waals surface area contributed by atoms with Gasteiger partial charge in [0, 0.05) is 13.8 Å². The van der Waals surface area contributed by atoms with E-state index < -0.39 is 59.7 Å². The van der Waals surface area contributed by atoms with Gasteiger partial charge in [0.15, 0.2) is 5.78 Å². The molecule has 0 saturated carbocycles. The fraction of sp³-hybridized carbons (Fsp3) is 0.500. The maximum Gasteiger partial charge on any atom is 0.341 e. The van der Waals surface area contributed by atoms with Crippen molar-refractivity contribution in [3.63, 3.8) is 0 Å². The Morgan fingerprint density at radius 1 is 1.04 bits per heavy atom. The molecule has 13 heteroatoms. The molecule has 0 aromatic rings. The van der Waals surface area contributed by atoms with Gasteiger partial charge in [0.1, 0.15) is 6.04 Å². The lowest BCUT2D eigenvalue weighted by Crippen LogP contribution is -2.59. The quantitative estimate of drug-likeness (QED) is 0.286. The van der Waals surface area contributed by atoms with E-state index in [4.69, 9.17) is 5.11 Å². The predicted octanol–water partition coefficient (Wildman–Crippen LogP) is -3.15. The summed E-state index contributed by atoms with van der Waals surface area (Å²) in [6.07, 6.45) is 0. The number of imide groups is 5. The normalized spacial score (nSPS) is 24.3. The summed E-state index contributed by atoms with van der Waals surface area (Å²) in [5, 5.41) is 21.8. The number of nitrogens with zero attached hydrogens (tertiary/aromatic N) is 2. The largest absolute Gasteiger partial charge is 0.394 e. The van der Waals surface area contributed by atoms with Gasteiger partial charge in [-0.05, 0) is 6.92 Å². The first-order valence-electron chi connectivity index (χ1n) is 7.49. The summed E-state index contributed by atoms with van der Waals surface area (Å²) in [6, 6.07) is -2.51. The molecule has 0 aromatic carbocycles. The van der Waals surface area contributed by atoms with Crippen molar-refractivity contribution in [2.75, 3.05) is 13.2 Å². The molecule has 2 atom stereocenters. The summed E-state index contributed by atoms with van der Waals surface area (Å²) in [7, 11) is 0. The second-order valence-electron chi connectivity index (χ2n) is 5.57. The van der Waals surface area contributed by atoms with Gasteiger partial charge in [-0.25, -0.2) is 14.5 Å². The molecule has 8 amide bonds. The molecule has 2 saturated heterocycles. The third kappa shape index (κ3) is 3.68. The maximum absolute atomic E-state index is 12.0. The second kappa shape index (κ2) is 8.01. The Balaban J connectivity index is 0.000000337. The molecule has 2 unspecified atom stereocenters. The number of aliphatic hydroxyl groups excluding tert-OH is 2. The van der Waals surface area contributed by atoms with Crippen LogP contribution in [0.4, 0.5) is 9.59 Å². The SMILES string of the molecule is CC(=O)N1C(=O)N(C(C)=O)C(CO)(C(C)=O)C1=O.O=C1NC(=O)C(CO)N1. The van der Waals surface area contributed by atoms with Crippen LogP contribution in [0, 0.1) is 0 Å². The molecular formula is C14H18N4O9. The molecular weight excluding hydrogens is 368 g/mol. The smallest absolute Gasteiger partial charge is 0.341 e. The number of amides is 8. The van der Waals surface area contributed by atoms with E-state index in [0.717, 1.165) is 20.8 Å². The first kappa shape index (κ1) is 21.9. The third-order valence-corrected chi connectivity index (χ3v) is 3.80. The molecule has 0 bridgehead atoms. The molecule has 0 aromatic heterocycles. The Bertz CT molecular complexity index is 734. The number of carbonyl (C=O) groups excluding carboxylic acids is 7. The summed E-state index contributed by atoms with van der Waals surface area (Å²) in [5.41, 5.74) is -2.32. The van der Waals surface area contributed by atoms with Crippen molar-refractivity contribution in [2.45, 2.75) is 32.4 Å². The zero-order chi connectivity index (χ0) is 21.1. The summed E-state index contributed by atoms with van der Waals surface area (Å²) >= 11 is 0. The molecule has 4 N–H and O–H groups in total. The van der Waals surface area contributed by atoms with Crippen LogP contribution in [-0.4, -0.2) is 86.3 Å². The van der Waals surface area contributed by atoms with Crippen LogP contribution >= 0.6 is 0 Å². The number of carbonyl (C=O) groups is 7. The van der Waals surface area contributed by atoms with E-state index in [1.807, 2.05) is 5.32 Å². The van der Waals surface area contributed by atoms with E-state index in [1.165, 1.54) is 0 Å². The van der Waals surface area contributed by atoms with E-state index >= 15 is 0 Å². The van der Waals surface area contributed by atoms with E-state index in [0.29, 0.717) is 4.90 Å². The predicted molar refractivity (Wildman–Crippen MR) is 83.5 cm³/mol. The number of urea groups is 2. The van der Waals surface area contributed by atoms with Gasteiger partial charge in [0.2, 0.25) is 17.4 Å². The summed E-state index contributed by atoms with van der Waals surface area (Å²) in [4.78, 5) is 79.2. The monoisotopic (exact) mass is 386 g/mol. The fourth-order valence-corrected chi connectivity index (χ4v) is 2.46. The van der Waals surface area contributed by atoms with Crippen LogP contribution in [0.2, 0.25) is 0 Å². The van der Waals surface area contributed by atoms with Gasteiger partial charge in [-0.15, -0.1) is 0 Å². The molecule has 0 spiro atoms. The maximum atomic E-state index is 12.0. The Hall–Kier alpha value is -3.19. The molecule has 2 heterocycles. The van der Waals surface area contributed by atoms with Crippen molar-refractivity contribution in [2.24, 2.45) is 0 Å². The van der Waals surface area contributed by atoms with Crippen LogP contribution in [-0.2, 0) is 24.0 Å². The minimum atomic E-state index is -2.32. The highest BCUT2D eigenvalue weighted by Crippen LogP contribution is 2.29. The van der Waals surface area contributed by atoms with Gasteiger partial charge in [-0.1, -0.05) is 0 Å². The minimum Gasteiger partial charge on any atom is -0.394 e. The van der Waals surface area contributed by atoms with Crippen LogP contribution < -0.4 is 10.6 Å². The molecule has 2 rings (SSSR count). The van der Waals surface area contributed by atoms with Crippen LogP contribution in [0.15, 0.2) is 0 Å². The third-order valence-electron chi connectivity index (χ3n) is 3.80. The number of rotatable bonds is 3. The Morgan fingerprint density at radius 3 is 1.81 bits per heavy atom. The first-order valence-corrected chi connectivity index (χ1v) is 7.49. The zero-order valence-electron chi connectivity index (χ0n) is 14.6. The Labute approximate surface area is 152 Å². The molecule has 27 heavy (non-hydrogen) atoms. The number of aliphatic hydroxyl groups is 2. The van der Waals surface area contributed by atoms with E-state index in [1.54, 1.807) is 0 Å². The highest BCUT2D eigenvalue weighted by atomic mass is 16.3. The summed E-state index contributed by atoms with van der Waals surface area (Å²) < 4.78 is 0. The lowest BCUT2D eigenvalue weighted by atomic mass is 9.94. The van der Waals surface area contributed by atoms with Gasteiger partial charge in [-0.3, -0.25) is 29.3 Å². The Kier molecular flexibility index (Phi) is 6.48. The van der Waals surface area contributed by atoms with Crippen molar-refractivity contribution in [3.8, 4) is 0 Å². The Morgan fingerprint density at radius 2 is 1.59 bits per heavy atom. The van der Waals surface area contributed by atoms with Crippen molar-refractivity contribution >= 4 is 41.5 Å². The second-order valence-corrected chi connectivity index (χ2v) is 5.57. The summed E-state index contributed by atoms with van der Waals surface area (Å²) in [5.74, 6) is -4.39. The molecule has 2 fully saturated rings. The highest BCUT2D eigenvalue weighted by molar-refractivity contribution is 6.29. The number of hydrogen-bond acceptors (Lipinski definition) is 9. The van der Waals surface area contributed by atoms with Crippen LogP contribution in [0.1, 0.15) is 20.8 Å². The average Bonchev–Trinajstić information content (AvgIpc) is 3.00. The van der Waals surface area contributed by atoms with E-state index in [9.17, 15) is 38.7 Å². The van der Waals surface area contributed by atoms with Crippen molar-refractivity contribution in [3.05, 3.63) is 0 Å². The van der Waals surface area contributed by atoms with Gasteiger partial charge in [-0.2, -0.15) is 4.90 Å². The number of hydrogen-bond donors (Lipinski definition) is 4. The van der Waals surface area contributed by atoms with Crippen molar-refractivity contribution < 1.29 is 43.8 Å². The zero-order valence-corrected chi connectivity index (χ0v) is 14.6. The standard InChI is InChI=1S/C10H12N2O6.C4H6N2O3/c1-5(14)10(4-13)8(17)11(6(2)15)9(18)12(10)7(3)16;7-1-2-3(8)6-4(9)5-2/h13H,4H2,1-3H3;2,7H,1H2,(H2,5,6,8,9). The molecule has 148 valence electrons. The number of Topliss-reactive ketones (excluding diaryl/α,β-unsaturated/α-hetero) is 1. The van der Waals surface area contributed by atoms with Gasteiger partial charge < -0.3 is 15.5 Å².